The van der Waals surface area contributed by atoms with Crippen LogP contribution >= 0.6 is 0 Å². The van der Waals surface area contributed by atoms with Crippen LogP contribution in [0.25, 0.3) is 0 Å². The van der Waals surface area contributed by atoms with Gasteiger partial charge in [0.05, 0.1) is 11.5 Å². The molecule has 8 heteroatoms. The van der Waals surface area contributed by atoms with Crippen molar-refractivity contribution in [1.29, 1.82) is 0 Å². The second-order valence-corrected chi connectivity index (χ2v) is 7.36. The third-order valence-electron chi connectivity index (χ3n) is 3.95. The van der Waals surface area contributed by atoms with Crippen molar-refractivity contribution in [2.75, 3.05) is 19.7 Å². The fraction of sp³-hybridized carbons (Fsp3) is 0.533. The second kappa shape index (κ2) is 6.46. The predicted molar refractivity (Wildman–Crippen MR) is 82.8 cm³/mol. The summed E-state index contributed by atoms with van der Waals surface area (Å²) in [5, 5.41) is 3.12. The van der Waals surface area contributed by atoms with Crippen LogP contribution in [0.3, 0.4) is 0 Å². The van der Waals surface area contributed by atoms with Crippen molar-refractivity contribution >= 4 is 16.0 Å². The van der Waals surface area contributed by atoms with Crippen LogP contribution in [0.2, 0.25) is 0 Å². The molecule has 0 spiro atoms. The highest BCUT2D eigenvalue weighted by atomic mass is 32.2. The minimum absolute atomic E-state index is 0.0863. The average Bonchev–Trinajstić information content (AvgIpc) is 3.15. The highest BCUT2D eigenvalue weighted by Crippen LogP contribution is 2.31. The summed E-state index contributed by atoms with van der Waals surface area (Å²) in [6.45, 7) is 3.47. The van der Waals surface area contributed by atoms with Crippen molar-refractivity contribution in [3.63, 3.8) is 0 Å². The van der Waals surface area contributed by atoms with Crippen molar-refractivity contribution in [3.8, 4) is 5.75 Å². The normalized spacial score (nSPS) is 23.3. The van der Waals surface area contributed by atoms with Gasteiger partial charge in [0.15, 0.2) is 6.10 Å². The molecule has 1 aromatic carbocycles. The Kier molecular flexibility index (Phi) is 4.56. The molecule has 1 fully saturated rings. The number of ether oxygens (including phenoxy) is 2. The fourth-order valence-corrected chi connectivity index (χ4v) is 4.12. The lowest BCUT2D eigenvalue weighted by atomic mass is 10.1. The van der Waals surface area contributed by atoms with Gasteiger partial charge in [-0.2, -0.15) is 0 Å². The molecule has 0 aromatic heterocycles. The summed E-state index contributed by atoms with van der Waals surface area (Å²) < 4.78 is 38.0. The van der Waals surface area contributed by atoms with Crippen LogP contribution in [-0.4, -0.2) is 46.2 Å². The number of rotatable bonds is 5. The summed E-state index contributed by atoms with van der Waals surface area (Å²) in [6, 6.07) is 4.57. The molecule has 0 saturated carbocycles. The standard InChI is InChI=1S/C15H20N2O5S/c1-2-21-15(18)14-8-10-7-12(3-4-13(10)22-14)23(19,20)17-11-5-6-16-9-11/h3-4,7,11,14,16-17H,2,5-6,8-9H2,1H3. The molecule has 1 aromatic rings. The van der Waals surface area contributed by atoms with Gasteiger partial charge in [0.25, 0.3) is 0 Å². The Labute approximate surface area is 135 Å². The van der Waals surface area contributed by atoms with E-state index in [2.05, 4.69) is 10.0 Å². The zero-order chi connectivity index (χ0) is 16.4. The van der Waals surface area contributed by atoms with Crippen LogP contribution < -0.4 is 14.8 Å². The molecule has 2 aliphatic rings. The Bertz CT molecular complexity index is 698. The average molecular weight is 340 g/mol. The molecule has 2 unspecified atom stereocenters. The highest BCUT2D eigenvalue weighted by molar-refractivity contribution is 7.89. The Morgan fingerprint density at radius 2 is 2.30 bits per heavy atom. The number of fused-ring (bicyclic) bond motifs is 1. The van der Waals surface area contributed by atoms with Crippen LogP contribution in [0.5, 0.6) is 5.75 Å². The number of carbonyl (C=O) groups excluding carboxylic acids is 1. The van der Waals surface area contributed by atoms with Crippen LogP contribution in [0.4, 0.5) is 0 Å². The van der Waals surface area contributed by atoms with Crippen LogP contribution in [0.1, 0.15) is 18.9 Å². The maximum Gasteiger partial charge on any atom is 0.347 e. The first-order valence-corrected chi connectivity index (χ1v) is 9.17. The van der Waals surface area contributed by atoms with E-state index in [0.717, 1.165) is 13.0 Å². The van der Waals surface area contributed by atoms with Gasteiger partial charge in [0.1, 0.15) is 5.75 Å². The van der Waals surface area contributed by atoms with Crippen molar-refractivity contribution in [1.82, 2.24) is 10.0 Å². The molecule has 2 N–H and O–H groups in total. The molecule has 0 radical (unpaired) electrons. The largest absolute Gasteiger partial charge is 0.478 e. The van der Waals surface area contributed by atoms with Gasteiger partial charge in [0, 0.05) is 19.0 Å². The Hall–Kier alpha value is -1.64. The van der Waals surface area contributed by atoms with E-state index in [4.69, 9.17) is 9.47 Å². The van der Waals surface area contributed by atoms with Crippen LogP contribution in [-0.2, 0) is 26.0 Å². The van der Waals surface area contributed by atoms with Gasteiger partial charge >= 0.3 is 5.97 Å². The zero-order valence-electron chi connectivity index (χ0n) is 12.9. The van der Waals surface area contributed by atoms with Gasteiger partial charge in [0.2, 0.25) is 10.0 Å². The summed E-state index contributed by atoms with van der Waals surface area (Å²) in [4.78, 5) is 11.9. The lowest BCUT2D eigenvalue weighted by molar-refractivity contribution is -0.150. The number of nitrogens with one attached hydrogen (secondary N) is 2. The third kappa shape index (κ3) is 3.49. The predicted octanol–water partition coefficient (Wildman–Crippen LogP) is 0.193. The Morgan fingerprint density at radius 1 is 1.48 bits per heavy atom. The van der Waals surface area contributed by atoms with Crippen molar-refractivity contribution in [2.24, 2.45) is 0 Å². The molecular formula is C15H20N2O5S. The summed E-state index contributed by atoms with van der Waals surface area (Å²) in [5.41, 5.74) is 0.704. The summed E-state index contributed by atoms with van der Waals surface area (Å²) in [7, 11) is -3.57. The van der Waals surface area contributed by atoms with Crippen LogP contribution in [0.15, 0.2) is 23.1 Å². The summed E-state index contributed by atoms with van der Waals surface area (Å²) in [5.74, 6) is 0.104. The Morgan fingerprint density at radius 3 is 3.00 bits per heavy atom. The molecule has 0 aliphatic carbocycles. The maximum atomic E-state index is 12.4. The SMILES string of the molecule is CCOC(=O)C1Cc2cc(S(=O)(=O)NC3CCNC3)ccc2O1. The van der Waals surface area contributed by atoms with Crippen LogP contribution in [0, 0.1) is 0 Å². The van der Waals surface area contributed by atoms with E-state index in [0.29, 0.717) is 24.3 Å². The number of sulfonamides is 1. The van der Waals surface area contributed by atoms with Gasteiger partial charge < -0.3 is 14.8 Å². The van der Waals surface area contributed by atoms with Crippen molar-refractivity contribution < 1.29 is 22.7 Å². The topological polar surface area (TPSA) is 93.7 Å². The molecule has 2 aliphatic heterocycles. The lowest BCUT2D eigenvalue weighted by Gasteiger charge is -2.12. The molecule has 0 amide bonds. The van der Waals surface area contributed by atoms with E-state index in [9.17, 15) is 13.2 Å². The minimum atomic E-state index is -3.57. The number of hydrogen-bond acceptors (Lipinski definition) is 6. The van der Waals surface area contributed by atoms with Crippen molar-refractivity contribution in [2.45, 2.75) is 36.8 Å². The molecule has 1 saturated heterocycles. The molecule has 23 heavy (non-hydrogen) atoms. The first-order valence-electron chi connectivity index (χ1n) is 7.69. The zero-order valence-corrected chi connectivity index (χ0v) is 13.7. The van der Waals surface area contributed by atoms with Crippen molar-refractivity contribution in [3.05, 3.63) is 23.8 Å². The number of carbonyl (C=O) groups is 1. The molecule has 7 nitrogen and oxygen atoms in total. The van der Waals surface area contributed by atoms with E-state index >= 15 is 0 Å². The lowest BCUT2D eigenvalue weighted by Crippen LogP contribution is -2.36. The molecule has 126 valence electrons. The second-order valence-electron chi connectivity index (χ2n) is 5.64. The van der Waals surface area contributed by atoms with Gasteiger partial charge in [-0.3, -0.25) is 0 Å². The smallest absolute Gasteiger partial charge is 0.347 e. The summed E-state index contributed by atoms with van der Waals surface area (Å²) >= 11 is 0. The third-order valence-corrected chi connectivity index (χ3v) is 5.47. The Balaban J connectivity index is 1.75. The molecular weight excluding hydrogens is 320 g/mol. The first kappa shape index (κ1) is 16.2. The number of hydrogen-bond donors (Lipinski definition) is 2. The van der Waals surface area contributed by atoms with Gasteiger partial charge in [-0.05, 0) is 43.7 Å². The van der Waals surface area contributed by atoms with E-state index in [-0.39, 0.29) is 17.5 Å². The van der Waals surface area contributed by atoms with E-state index in [1.807, 2.05) is 0 Å². The highest BCUT2D eigenvalue weighted by Gasteiger charge is 2.32. The number of esters is 1. The summed E-state index contributed by atoms with van der Waals surface area (Å²) in [6.07, 6.45) is 0.399. The maximum absolute atomic E-state index is 12.4. The first-order chi connectivity index (χ1) is 11.0. The molecule has 2 atom stereocenters. The van der Waals surface area contributed by atoms with Gasteiger partial charge in [-0.1, -0.05) is 0 Å². The minimum Gasteiger partial charge on any atom is -0.478 e. The molecule has 0 bridgehead atoms. The van der Waals surface area contributed by atoms with Gasteiger partial charge in [-0.25, -0.2) is 17.9 Å². The fourth-order valence-electron chi connectivity index (χ4n) is 2.80. The monoisotopic (exact) mass is 340 g/mol. The molecule has 2 heterocycles. The number of benzene rings is 1. The van der Waals surface area contributed by atoms with E-state index in [1.54, 1.807) is 19.1 Å². The van der Waals surface area contributed by atoms with E-state index in [1.165, 1.54) is 6.07 Å². The molecule has 3 rings (SSSR count). The van der Waals surface area contributed by atoms with Gasteiger partial charge in [-0.15, -0.1) is 0 Å². The quantitative estimate of drug-likeness (QED) is 0.744. The van der Waals surface area contributed by atoms with E-state index < -0.39 is 22.1 Å².